The summed E-state index contributed by atoms with van der Waals surface area (Å²) in [6, 6.07) is 9.39. The van der Waals surface area contributed by atoms with Crippen LogP contribution in [0.15, 0.2) is 42.7 Å². The van der Waals surface area contributed by atoms with E-state index in [9.17, 15) is 4.79 Å². The van der Waals surface area contributed by atoms with E-state index in [1.165, 1.54) is 0 Å². The Kier molecular flexibility index (Phi) is 5.74. The van der Waals surface area contributed by atoms with Gasteiger partial charge in [-0.2, -0.15) is 10.2 Å². The SMILES string of the molecule is Cc1nn(CCC(=O)Nc2ccn(Cc3ccc(Cl)cc3)n2)cc1I. The molecule has 0 spiro atoms. The van der Waals surface area contributed by atoms with Crippen molar-refractivity contribution in [3.63, 3.8) is 0 Å². The van der Waals surface area contributed by atoms with Crippen molar-refractivity contribution in [3.8, 4) is 0 Å². The molecule has 0 aliphatic rings. The number of halogens is 2. The van der Waals surface area contributed by atoms with Crippen LogP contribution in [0.25, 0.3) is 0 Å². The number of carbonyl (C=O) groups excluding carboxylic acids is 1. The van der Waals surface area contributed by atoms with Gasteiger partial charge < -0.3 is 5.32 Å². The highest BCUT2D eigenvalue weighted by Gasteiger charge is 2.08. The van der Waals surface area contributed by atoms with E-state index in [-0.39, 0.29) is 5.91 Å². The van der Waals surface area contributed by atoms with E-state index in [1.54, 1.807) is 15.4 Å². The molecule has 6 nitrogen and oxygen atoms in total. The Morgan fingerprint density at radius 1 is 1.20 bits per heavy atom. The predicted molar refractivity (Wildman–Crippen MR) is 106 cm³/mol. The van der Waals surface area contributed by atoms with Crippen molar-refractivity contribution in [2.75, 3.05) is 5.32 Å². The number of carbonyl (C=O) groups is 1. The van der Waals surface area contributed by atoms with Gasteiger partial charge in [-0.3, -0.25) is 14.2 Å². The molecular formula is C17H17ClIN5O. The summed E-state index contributed by atoms with van der Waals surface area (Å²) in [6.45, 7) is 3.12. The van der Waals surface area contributed by atoms with Crippen LogP contribution in [0, 0.1) is 10.5 Å². The number of benzene rings is 1. The first-order valence-corrected chi connectivity index (χ1v) is 9.22. The Morgan fingerprint density at radius 2 is 1.96 bits per heavy atom. The zero-order chi connectivity index (χ0) is 17.8. The van der Waals surface area contributed by atoms with E-state index >= 15 is 0 Å². The standard InChI is InChI=1S/C17H17ClIN5O/c1-12-15(19)11-24(21-12)9-7-17(25)20-16-6-8-23(22-16)10-13-2-4-14(18)5-3-13/h2-6,8,11H,7,9-10H2,1H3,(H,20,22,25). The minimum absolute atomic E-state index is 0.0834. The van der Waals surface area contributed by atoms with Gasteiger partial charge in [-0.1, -0.05) is 23.7 Å². The highest BCUT2D eigenvalue weighted by Crippen LogP contribution is 2.12. The summed E-state index contributed by atoms with van der Waals surface area (Å²) in [5.74, 6) is 0.463. The molecule has 0 fully saturated rings. The summed E-state index contributed by atoms with van der Waals surface area (Å²) in [7, 11) is 0. The molecule has 0 aliphatic heterocycles. The monoisotopic (exact) mass is 469 g/mol. The molecule has 0 radical (unpaired) electrons. The molecule has 8 heteroatoms. The molecule has 130 valence electrons. The van der Waals surface area contributed by atoms with Crippen LogP contribution in [0.1, 0.15) is 17.7 Å². The zero-order valence-corrected chi connectivity index (χ0v) is 16.5. The molecule has 3 rings (SSSR count). The lowest BCUT2D eigenvalue weighted by molar-refractivity contribution is -0.116. The normalized spacial score (nSPS) is 10.8. The highest BCUT2D eigenvalue weighted by molar-refractivity contribution is 14.1. The quantitative estimate of drug-likeness (QED) is 0.560. The summed E-state index contributed by atoms with van der Waals surface area (Å²) in [5.41, 5.74) is 2.07. The molecule has 0 unspecified atom stereocenters. The second-order valence-corrected chi connectivity index (χ2v) is 7.25. The van der Waals surface area contributed by atoms with Crippen LogP contribution >= 0.6 is 34.2 Å². The average molecular weight is 470 g/mol. The van der Waals surface area contributed by atoms with Gasteiger partial charge in [0.05, 0.1) is 15.8 Å². The minimum atomic E-state index is -0.0834. The molecule has 1 aromatic carbocycles. The Labute approximate surface area is 164 Å². The average Bonchev–Trinajstić information content (AvgIpc) is 3.14. The summed E-state index contributed by atoms with van der Waals surface area (Å²) >= 11 is 8.11. The lowest BCUT2D eigenvalue weighted by Gasteiger charge is -2.04. The number of hydrogen-bond acceptors (Lipinski definition) is 3. The van der Waals surface area contributed by atoms with Crippen LogP contribution in [-0.4, -0.2) is 25.5 Å². The van der Waals surface area contributed by atoms with Crippen LogP contribution in [-0.2, 0) is 17.9 Å². The van der Waals surface area contributed by atoms with Crippen LogP contribution in [0.4, 0.5) is 5.82 Å². The number of aryl methyl sites for hydroxylation is 2. The fourth-order valence-corrected chi connectivity index (χ4v) is 2.88. The smallest absolute Gasteiger partial charge is 0.227 e. The Hall–Kier alpha value is -1.87. The highest BCUT2D eigenvalue weighted by atomic mass is 127. The molecule has 1 N–H and O–H groups in total. The van der Waals surface area contributed by atoms with Gasteiger partial charge in [-0.05, 0) is 47.2 Å². The van der Waals surface area contributed by atoms with Gasteiger partial charge in [0.25, 0.3) is 0 Å². The van der Waals surface area contributed by atoms with Gasteiger partial charge in [0.15, 0.2) is 5.82 Å². The molecule has 2 aromatic heterocycles. The maximum absolute atomic E-state index is 12.1. The van der Waals surface area contributed by atoms with Crippen molar-refractivity contribution in [2.24, 2.45) is 0 Å². The third kappa shape index (κ3) is 5.05. The summed E-state index contributed by atoms with van der Waals surface area (Å²) in [5, 5.41) is 12.2. The third-order valence-corrected chi connectivity index (χ3v) is 4.93. The molecular weight excluding hydrogens is 453 g/mol. The van der Waals surface area contributed by atoms with Gasteiger partial charge in [0.2, 0.25) is 5.91 Å². The molecule has 2 heterocycles. The number of nitrogens with zero attached hydrogens (tertiary/aromatic N) is 4. The largest absolute Gasteiger partial charge is 0.309 e. The first-order chi connectivity index (χ1) is 12.0. The van der Waals surface area contributed by atoms with Crippen molar-refractivity contribution in [3.05, 3.63) is 62.6 Å². The fourth-order valence-electron chi connectivity index (χ4n) is 2.32. The van der Waals surface area contributed by atoms with Gasteiger partial charge in [0, 0.05) is 36.4 Å². The van der Waals surface area contributed by atoms with E-state index in [2.05, 4.69) is 38.1 Å². The first-order valence-electron chi connectivity index (χ1n) is 7.77. The Balaban J connectivity index is 1.51. The number of rotatable bonds is 6. The number of amides is 1. The van der Waals surface area contributed by atoms with Crippen molar-refractivity contribution in [1.29, 1.82) is 0 Å². The maximum atomic E-state index is 12.1. The molecule has 25 heavy (non-hydrogen) atoms. The fraction of sp³-hybridized carbons (Fsp3) is 0.235. The summed E-state index contributed by atoms with van der Waals surface area (Å²) in [6.07, 6.45) is 4.12. The van der Waals surface area contributed by atoms with Crippen LogP contribution < -0.4 is 5.32 Å². The minimum Gasteiger partial charge on any atom is -0.309 e. The van der Waals surface area contributed by atoms with E-state index in [1.807, 2.05) is 43.6 Å². The summed E-state index contributed by atoms with van der Waals surface area (Å²) < 4.78 is 4.66. The third-order valence-electron chi connectivity index (χ3n) is 3.62. The second kappa shape index (κ2) is 8.01. The summed E-state index contributed by atoms with van der Waals surface area (Å²) in [4.78, 5) is 12.1. The van der Waals surface area contributed by atoms with Gasteiger partial charge in [-0.25, -0.2) is 0 Å². The van der Waals surface area contributed by atoms with E-state index in [0.29, 0.717) is 30.4 Å². The number of aromatic nitrogens is 4. The molecule has 0 saturated carbocycles. The predicted octanol–water partition coefficient (Wildman–Crippen LogP) is 3.72. The van der Waals surface area contributed by atoms with E-state index < -0.39 is 0 Å². The first kappa shape index (κ1) is 17.9. The van der Waals surface area contributed by atoms with E-state index in [4.69, 9.17) is 11.6 Å². The lowest BCUT2D eigenvalue weighted by Crippen LogP contribution is -2.15. The van der Waals surface area contributed by atoms with Crippen LogP contribution in [0.3, 0.4) is 0 Å². The number of hydrogen-bond donors (Lipinski definition) is 1. The van der Waals surface area contributed by atoms with E-state index in [0.717, 1.165) is 14.8 Å². The topological polar surface area (TPSA) is 64.7 Å². The molecule has 0 saturated heterocycles. The number of nitrogens with one attached hydrogen (secondary N) is 1. The molecule has 0 atom stereocenters. The Bertz CT molecular complexity index is 852. The lowest BCUT2D eigenvalue weighted by atomic mass is 10.2. The van der Waals surface area contributed by atoms with Crippen molar-refractivity contribution >= 4 is 45.9 Å². The molecule has 0 bridgehead atoms. The van der Waals surface area contributed by atoms with Crippen LogP contribution in [0.5, 0.6) is 0 Å². The zero-order valence-electron chi connectivity index (χ0n) is 13.6. The maximum Gasteiger partial charge on any atom is 0.227 e. The van der Waals surface area contributed by atoms with Gasteiger partial charge in [-0.15, -0.1) is 0 Å². The second-order valence-electron chi connectivity index (χ2n) is 5.65. The van der Waals surface area contributed by atoms with Gasteiger partial charge in [0.1, 0.15) is 0 Å². The molecule has 0 aliphatic carbocycles. The van der Waals surface area contributed by atoms with Gasteiger partial charge >= 0.3 is 0 Å². The van der Waals surface area contributed by atoms with Crippen molar-refractivity contribution in [2.45, 2.75) is 26.4 Å². The molecule has 1 amide bonds. The van der Waals surface area contributed by atoms with Crippen molar-refractivity contribution < 1.29 is 4.79 Å². The Morgan fingerprint density at radius 3 is 2.64 bits per heavy atom. The van der Waals surface area contributed by atoms with Crippen molar-refractivity contribution in [1.82, 2.24) is 19.6 Å². The molecule has 3 aromatic rings. The van der Waals surface area contributed by atoms with Crippen LogP contribution in [0.2, 0.25) is 5.02 Å². The number of anilines is 1.